The number of carboxylic acids is 1. The third kappa shape index (κ3) is 7.24. The summed E-state index contributed by atoms with van der Waals surface area (Å²) in [4.78, 5) is 18.3. The zero-order chi connectivity index (χ0) is 32.2. The van der Waals surface area contributed by atoms with Gasteiger partial charge in [0, 0.05) is 29.8 Å². The number of halogens is 1. The molecule has 0 radical (unpaired) electrons. The Balaban J connectivity index is 1.61. The standard InChI is InChI=1S/C34H42BrN3O5S/c1-7-17-37-22-24(35)20-27-32(37)36-28(33(27,3)4)14-10-8-11-15-29-34(5,6)26-21-25(43-44(41)42)19-23(2)31(26)38(29)18-13-9-12-16-30(39)40/h8,10-11,14-15,19-22H,7,9,12-13,16-18H2,1-6H3,(H-,39,40,41,42). The number of hydrogen-bond donors (Lipinski definition) is 1. The molecule has 0 fully saturated rings. The summed E-state index contributed by atoms with van der Waals surface area (Å²) in [7, 11) is 0. The van der Waals surface area contributed by atoms with Gasteiger partial charge in [0.1, 0.15) is 23.3 Å². The molecule has 2 aliphatic heterocycles. The number of pyridine rings is 1. The maximum atomic E-state index is 11.3. The quantitative estimate of drug-likeness (QED) is 0.102. The van der Waals surface area contributed by atoms with Gasteiger partial charge in [-0.05, 0) is 102 Å². The first-order valence-corrected chi connectivity index (χ1v) is 16.9. The number of carbonyl (C=O) groups is 1. The van der Waals surface area contributed by atoms with Crippen LogP contribution in [0.5, 0.6) is 5.75 Å². The maximum Gasteiger partial charge on any atom is 0.327 e. The van der Waals surface area contributed by atoms with Gasteiger partial charge < -0.3 is 18.7 Å². The van der Waals surface area contributed by atoms with Crippen molar-refractivity contribution in [2.45, 2.75) is 91.0 Å². The Hall–Kier alpha value is -3.08. The average molecular weight is 685 g/mol. The van der Waals surface area contributed by atoms with Crippen LogP contribution in [-0.2, 0) is 33.5 Å². The van der Waals surface area contributed by atoms with Crippen molar-refractivity contribution in [3.8, 4) is 5.75 Å². The number of benzene rings is 1. The molecule has 4 rings (SSSR count). The van der Waals surface area contributed by atoms with Crippen LogP contribution in [0.25, 0.3) is 0 Å². The number of carboxylic acid groups (broad SMARTS) is 1. The van der Waals surface area contributed by atoms with Crippen molar-refractivity contribution in [1.82, 2.24) is 0 Å². The second-order valence-corrected chi connectivity index (χ2v) is 13.9. The Kier molecular flexibility index (Phi) is 10.7. The number of unbranched alkanes of at least 4 members (excludes halogenated alkanes) is 2. The van der Waals surface area contributed by atoms with Crippen molar-refractivity contribution in [3.05, 3.63) is 81.6 Å². The zero-order valence-electron chi connectivity index (χ0n) is 26.4. The average Bonchev–Trinajstić information content (AvgIpc) is 3.30. The molecule has 0 bridgehead atoms. The summed E-state index contributed by atoms with van der Waals surface area (Å²) in [5.74, 6) is 0.520. The summed E-state index contributed by atoms with van der Waals surface area (Å²) in [6, 6.07) is 5.71. The fraction of sp³-hybridized carbons (Fsp3) is 0.441. The largest absolute Gasteiger partial charge is 0.740 e. The number of aromatic nitrogens is 1. The molecule has 236 valence electrons. The van der Waals surface area contributed by atoms with Gasteiger partial charge in [0.2, 0.25) is 0 Å². The highest BCUT2D eigenvalue weighted by atomic mass is 79.9. The lowest BCUT2D eigenvalue weighted by atomic mass is 9.82. The molecular weight excluding hydrogens is 642 g/mol. The van der Waals surface area contributed by atoms with Gasteiger partial charge in [-0.3, -0.25) is 4.79 Å². The molecule has 44 heavy (non-hydrogen) atoms. The van der Waals surface area contributed by atoms with Crippen molar-refractivity contribution in [2.75, 3.05) is 11.4 Å². The summed E-state index contributed by atoms with van der Waals surface area (Å²) < 4.78 is 30.8. The normalized spacial score (nSPS) is 18.2. The van der Waals surface area contributed by atoms with Gasteiger partial charge in [0.15, 0.2) is 5.71 Å². The van der Waals surface area contributed by atoms with Crippen LogP contribution in [0.3, 0.4) is 0 Å². The summed E-state index contributed by atoms with van der Waals surface area (Å²) in [6.45, 7) is 14.4. The van der Waals surface area contributed by atoms with Crippen LogP contribution in [0.4, 0.5) is 11.5 Å². The third-order valence-corrected chi connectivity index (χ3v) is 9.16. The molecular formula is C34H42BrN3O5S. The minimum Gasteiger partial charge on any atom is -0.740 e. The van der Waals surface area contributed by atoms with Gasteiger partial charge in [-0.15, -0.1) is 0 Å². The fourth-order valence-electron chi connectivity index (χ4n) is 6.15. The number of fused-ring (bicyclic) bond motifs is 2. The molecule has 10 heteroatoms. The molecule has 0 spiro atoms. The molecule has 2 aromatic rings. The van der Waals surface area contributed by atoms with Crippen molar-refractivity contribution in [3.63, 3.8) is 0 Å². The SMILES string of the molecule is CCC[n+]1cc(Br)cc2c1N=C(/C=C/C=C/C=C1/N(CCCCCC(=O)O)c3c(C)cc(OS(=O)[O-])cc3C1(C)C)C2(C)C. The monoisotopic (exact) mass is 683 g/mol. The molecule has 0 saturated heterocycles. The lowest BCUT2D eigenvalue weighted by Crippen LogP contribution is -2.35. The van der Waals surface area contributed by atoms with E-state index in [0.29, 0.717) is 6.42 Å². The van der Waals surface area contributed by atoms with E-state index in [1.807, 2.05) is 25.2 Å². The molecule has 1 aromatic carbocycles. The molecule has 1 atom stereocenters. The van der Waals surface area contributed by atoms with E-state index in [1.165, 1.54) is 5.56 Å². The van der Waals surface area contributed by atoms with Gasteiger partial charge in [-0.2, -0.15) is 0 Å². The van der Waals surface area contributed by atoms with E-state index in [9.17, 15) is 13.6 Å². The molecule has 2 aliphatic rings. The number of aliphatic carboxylic acids is 1. The number of rotatable bonds is 13. The van der Waals surface area contributed by atoms with E-state index in [-0.39, 0.29) is 17.6 Å². The zero-order valence-corrected chi connectivity index (χ0v) is 28.8. The number of aryl methyl sites for hydroxylation is 2. The van der Waals surface area contributed by atoms with Gasteiger partial charge >= 0.3 is 11.8 Å². The second kappa shape index (κ2) is 13.9. The lowest BCUT2D eigenvalue weighted by Gasteiger charge is -2.27. The molecule has 1 N–H and O–H groups in total. The van der Waals surface area contributed by atoms with Gasteiger partial charge in [-0.25, -0.2) is 8.78 Å². The highest BCUT2D eigenvalue weighted by Crippen LogP contribution is 2.51. The fourth-order valence-corrected chi connectivity index (χ4v) is 6.88. The van der Waals surface area contributed by atoms with E-state index < -0.39 is 22.7 Å². The topological polar surface area (TPSA) is 106 Å². The highest BCUT2D eigenvalue weighted by Gasteiger charge is 2.43. The van der Waals surface area contributed by atoms with Crippen LogP contribution in [0.1, 0.15) is 83.4 Å². The first kappa shape index (κ1) is 33.8. The highest BCUT2D eigenvalue weighted by molar-refractivity contribution is 9.10. The summed E-state index contributed by atoms with van der Waals surface area (Å²) in [5, 5.41) is 9.02. The van der Waals surface area contributed by atoms with Crippen LogP contribution >= 0.6 is 15.9 Å². The molecule has 8 nitrogen and oxygen atoms in total. The Labute approximate surface area is 271 Å². The molecule has 0 amide bonds. The first-order valence-electron chi connectivity index (χ1n) is 15.1. The van der Waals surface area contributed by atoms with Gasteiger partial charge in [0.05, 0.1) is 22.0 Å². The van der Waals surface area contributed by atoms with Crippen LogP contribution in [0.15, 0.2) is 69.9 Å². The van der Waals surface area contributed by atoms with Crippen molar-refractivity contribution in [1.29, 1.82) is 0 Å². The van der Waals surface area contributed by atoms with E-state index in [2.05, 4.69) is 84.4 Å². The number of nitrogens with zero attached hydrogens (tertiary/aromatic N) is 3. The van der Waals surface area contributed by atoms with Crippen LogP contribution in [-0.4, -0.2) is 32.1 Å². The minimum absolute atomic E-state index is 0.162. The Bertz CT molecular complexity index is 1570. The minimum atomic E-state index is -2.66. The number of allylic oxidation sites excluding steroid dienone is 6. The predicted molar refractivity (Wildman–Crippen MR) is 178 cm³/mol. The summed E-state index contributed by atoms with van der Waals surface area (Å²) in [5.41, 5.74) is 5.59. The van der Waals surface area contributed by atoms with Crippen molar-refractivity contribution in [2.24, 2.45) is 4.99 Å². The Morgan fingerprint density at radius 2 is 1.86 bits per heavy atom. The second-order valence-electron chi connectivity index (χ2n) is 12.4. The van der Waals surface area contributed by atoms with Crippen LogP contribution in [0.2, 0.25) is 0 Å². The number of aliphatic imine (C=N–C) groups is 1. The lowest BCUT2D eigenvalue weighted by molar-refractivity contribution is -0.684. The Morgan fingerprint density at radius 1 is 1.11 bits per heavy atom. The predicted octanol–water partition coefficient (Wildman–Crippen LogP) is 7.43. The van der Waals surface area contributed by atoms with E-state index in [4.69, 9.17) is 14.3 Å². The molecule has 3 heterocycles. The Morgan fingerprint density at radius 3 is 2.55 bits per heavy atom. The van der Waals surface area contributed by atoms with Crippen molar-refractivity contribution < 1.29 is 27.4 Å². The van der Waals surface area contributed by atoms with E-state index in [0.717, 1.165) is 70.9 Å². The summed E-state index contributed by atoms with van der Waals surface area (Å²) in [6.07, 6.45) is 15.8. The van der Waals surface area contributed by atoms with Crippen LogP contribution in [0, 0.1) is 6.92 Å². The maximum absolute atomic E-state index is 11.3. The summed E-state index contributed by atoms with van der Waals surface area (Å²) >= 11 is 1.00. The van der Waals surface area contributed by atoms with Crippen molar-refractivity contribution >= 4 is 50.5 Å². The smallest absolute Gasteiger partial charge is 0.327 e. The first-order chi connectivity index (χ1) is 20.8. The molecule has 1 unspecified atom stereocenters. The molecule has 0 saturated carbocycles. The van der Waals surface area contributed by atoms with Gasteiger partial charge in [-0.1, -0.05) is 45.4 Å². The molecule has 0 aliphatic carbocycles. The number of anilines is 1. The number of hydrogen-bond acceptors (Lipinski definition) is 6. The van der Waals surface area contributed by atoms with E-state index >= 15 is 0 Å². The molecule has 1 aromatic heterocycles. The van der Waals surface area contributed by atoms with Crippen LogP contribution < -0.4 is 13.7 Å². The van der Waals surface area contributed by atoms with Gasteiger partial charge in [0.25, 0.3) is 0 Å². The van der Waals surface area contributed by atoms with E-state index in [1.54, 1.807) is 12.1 Å². The third-order valence-electron chi connectivity index (χ3n) is 8.39.